The van der Waals surface area contributed by atoms with Gasteiger partial charge in [-0.3, -0.25) is 24.1 Å². The van der Waals surface area contributed by atoms with E-state index in [1.54, 1.807) is 0 Å². The molecule has 0 spiro atoms. The highest BCUT2D eigenvalue weighted by Gasteiger charge is 2.42. The third kappa shape index (κ3) is 13.5. The van der Waals surface area contributed by atoms with Crippen molar-refractivity contribution in [3.8, 4) is 0 Å². The van der Waals surface area contributed by atoms with Gasteiger partial charge in [-0.15, -0.1) is 0 Å². The van der Waals surface area contributed by atoms with Crippen molar-refractivity contribution in [3.63, 3.8) is 0 Å². The summed E-state index contributed by atoms with van der Waals surface area (Å²) < 4.78 is 5.07. The molecule has 1 rings (SSSR count). The first-order valence-corrected chi connectivity index (χ1v) is 15.2. The largest absolute Gasteiger partial charge is 0.481 e. The second-order valence-electron chi connectivity index (χ2n) is 13.0. The Kier molecular flexibility index (Phi) is 15.8. The van der Waals surface area contributed by atoms with Gasteiger partial charge >= 0.3 is 23.9 Å². The standard InChI is InChI=1S/C31H55NO8/c1-30(2)21-23(22-31(3,4)32(30)5)17-15-13-11-9-7-6-8-10-12-14-16-18-40-27(35)20-25(29(38)39)24(28(36)37)19-26(33)34/h23-25H,6-22H2,1-5H3,(H,33,34)(H,36,37)(H,38,39). The molecule has 0 aliphatic carbocycles. The van der Waals surface area contributed by atoms with Gasteiger partial charge in [0.1, 0.15) is 0 Å². The highest BCUT2D eigenvalue weighted by molar-refractivity contribution is 5.86. The van der Waals surface area contributed by atoms with Crippen molar-refractivity contribution in [1.29, 1.82) is 0 Å². The zero-order valence-corrected chi connectivity index (χ0v) is 25.6. The van der Waals surface area contributed by atoms with Crippen molar-refractivity contribution in [3.05, 3.63) is 0 Å². The fourth-order valence-corrected chi connectivity index (χ4v) is 6.32. The van der Waals surface area contributed by atoms with Gasteiger partial charge in [-0.2, -0.15) is 0 Å². The molecule has 0 amide bonds. The average Bonchev–Trinajstić information content (AvgIpc) is 2.84. The maximum atomic E-state index is 12.0. The van der Waals surface area contributed by atoms with Crippen LogP contribution in [0.4, 0.5) is 0 Å². The van der Waals surface area contributed by atoms with Crippen LogP contribution in [-0.4, -0.2) is 68.8 Å². The first-order valence-electron chi connectivity index (χ1n) is 15.2. The van der Waals surface area contributed by atoms with Crippen LogP contribution in [0.25, 0.3) is 0 Å². The molecule has 1 heterocycles. The molecule has 2 atom stereocenters. The highest BCUT2D eigenvalue weighted by Crippen LogP contribution is 2.41. The second-order valence-corrected chi connectivity index (χ2v) is 13.0. The number of esters is 1. The lowest BCUT2D eigenvalue weighted by Crippen LogP contribution is -2.58. The van der Waals surface area contributed by atoms with E-state index in [4.69, 9.17) is 14.9 Å². The maximum absolute atomic E-state index is 12.0. The summed E-state index contributed by atoms with van der Waals surface area (Å²) in [4.78, 5) is 48.1. The minimum Gasteiger partial charge on any atom is -0.481 e. The number of carbonyl (C=O) groups is 4. The predicted molar refractivity (Wildman–Crippen MR) is 154 cm³/mol. The van der Waals surface area contributed by atoms with Crippen molar-refractivity contribution in [2.75, 3.05) is 13.7 Å². The summed E-state index contributed by atoms with van der Waals surface area (Å²) in [6.45, 7) is 9.66. The summed E-state index contributed by atoms with van der Waals surface area (Å²) in [6, 6.07) is 0. The van der Waals surface area contributed by atoms with Crippen LogP contribution >= 0.6 is 0 Å². The molecule has 1 fully saturated rings. The van der Waals surface area contributed by atoms with Crippen LogP contribution in [0.3, 0.4) is 0 Å². The van der Waals surface area contributed by atoms with Crippen molar-refractivity contribution in [2.45, 2.75) is 142 Å². The second kappa shape index (κ2) is 17.6. The Balaban J connectivity index is 2.04. The van der Waals surface area contributed by atoms with Gasteiger partial charge in [0.2, 0.25) is 0 Å². The number of rotatable bonds is 21. The van der Waals surface area contributed by atoms with E-state index in [2.05, 4.69) is 39.6 Å². The third-order valence-corrected chi connectivity index (χ3v) is 8.81. The van der Waals surface area contributed by atoms with E-state index in [-0.39, 0.29) is 17.7 Å². The van der Waals surface area contributed by atoms with Gasteiger partial charge in [0.15, 0.2) is 0 Å². The van der Waals surface area contributed by atoms with Gasteiger partial charge in [0.05, 0.1) is 31.3 Å². The Bertz CT molecular complexity index is 791. The lowest BCUT2D eigenvalue weighted by atomic mass is 9.72. The molecular weight excluding hydrogens is 514 g/mol. The van der Waals surface area contributed by atoms with Crippen LogP contribution in [0, 0.1) is 17.8 Å². The first kappa shape index (κ1) is 35.9. The average molecular weight is 570 g/mol. The van der Waals surface area contributed by atoms with Crippen molar-refractivity contribution in [1.82, 2.24) is 4.90 Å². The lowest BCUT2D eigenvalue weighted by molar-refractivity contribution is -0.161. The number of hydrogen-bond donors (Lipinski definition) is 3. The molecule has 2 unspecified atom stereocenters. The molecule has 40 heavy (non-hydrogen) atoms. The number of aliphatic carboxylic acids is 3. The summed E-state index contributed by atoms with van der Waals surface area (Å²) in [7, 11) is 2.27. The molecule has 0 saturated carbocycles. The van der Waals surface area contributed by atoms with E-state index < -0.39 is 48.6 Å². The Hall–Kier alpha value is -2.16. The van der Waals surface area contributed by atoms with Crippen LogP contribution in [0.15, 0.2) is 0 Å². The molecule has 0 aromatic heterocycles. The summed E-state index contributed by atoms with van der Waals surface area (Å²) in [5.41, 5.74) is 0.557. The van der Waals surface area contributed by atoms with E-state index in [0.29, 0.717) is 6.42 Å². The Morgan fingerprint density at radius 3 is 1.52 bits per heavy atom. The molecule has 0 radical (unpaired) electrons. The molecule has 9 nitrogen and oxygen atoms in total. The monoisotopic (exact) mass is 569 g/mol. The maximum Gasteiger partial charge on any atom is 0.307 e. The van der Waals surface area contributed by atoms with Gasteiger partial charge in [0.25, 0.3) is 0 Å². The number of likely N-dealkylation sites (tertiary alicyclic amines) is 1. The Labute approximate surface area is 241 Å². The number of ether oxygens (including phenoxy) is 1. The van der Waals surface area contributed by atoms with Crippen LogP contribution in [0.1, 0.15) is 130 Å². The lowest BCUT2D eigenvalue weighted by Gasteiger charge is -2.54. The number of piperidine rings is 1. The number of carboxylic acid groups (broad SMARTS) is 3. The molecule has 0 aromatic rings. The van der Waals surface area contributed by atoms with Crippen LogP contribution < -0.4 is 0 Å². The fourth-order valence-electron chi connectivity index (χ4n) is 6.32. The molecule has 9 heteroatoms. The third-order valence-electron chi connectivity index (χ3n) is 8.81. The molecule has 0 bridgehead atoms. The molecule has 0 aromatic carbocycles. The highest BCUT2D eigenvalue weighted by atomic mass is 16.5. The molecule has 1 aliphatic heterocycles. The molecular formula is C31H55NO8. The van der Waals surface area contributed by atoms with E-state index >= 15 is 0 Å². The van der Waals surface area contributed by atoms with Gasteiger partial charge in [-0.05, 0) is 59.9 Å². The number of carboxylic acids is 3. The van der Waals surface area contributed by atoms with E-state index in [1.165, 1.54) is 64.2 Å². The molecule has 1 saturated heterocycles. The summed E-state index contributed by atoms with van der Waals surface area (Å²) in [6.07, 6.45) is 15.1. The smallest absolute Gasteiger partial charge is 0.307 e. The van der Waals surface area contributed by atoms with Gasteiger partial charge < -0.3 is 20.1 Å². The quantitative estimate of drug-likeness (QED) is 0.106. The zero-order chi connectivity index (χ0) is 30.3. The van der Waals surface area contributed by atoms with Crippen molar-refractivity contribution in [2.24, 2.45) is 17.8 Å². The van der Waals surface area contributed by atoms with Crippen LogP contribution in [0.5, 0.6) is 0 Å². The fraction of sp³-hybridized carbons (Fsp3) is 0.871. The summed E-state index contributed by atoms with van der Waals surface area (Å²) in [5.74, 6) is -7.82. The van der Waals surface area contributed by atoms with Crippen LogP contribution in [-0.2, 0) is 23.9 Å². The minimum absolute atomic E-state index is 0.147. The Morgan fingerprint density at radius 1 is 0.700 bits per heavy atom. The van der Waals surface area contributed by atoms with Crippen molar-refractivity contribution >= 4 is 23.9 Å². The Morgan fingerprint density at radius 2 is 1.10 bits per heavy atom. The number of nitrogens with zero attached hydrogens (tertiary/aromatic N) is 1. The number of unbranched alkanes of at least 4 members (excludes halogenated alkanes) is 10. The summed E-state index contributed by atoms with van der Waals surface area (Å²) in [5, 5.41) is 27.2. The van der Waals surface area contributed by atoms with E-state index in [1.807, 2.05) is 0 Å². The first-order chi connectivity index (χ1) is 18.7. The minimum atomic E-state index is -1.69. The van der Waals surface area contributed by atoms with Gasteiger partial charge in [-0.1, -0.05) is 70.6 Å². The molecule has 1 aliphatic rings. The van der Waals surface area contributed by atoms with Crippen molar-refractivity contribution < 1.29 is 39.2 Å². The van der Waals surface area contributed by atoms with E-state index in [9.17, 15) is 24.3 Å². The number of hydrogen-bond acceptors (Lipinski definition) is 6. The SMILES string of the molecule is CN1C(C)(C)CC(CCCCCCCCCCCCCOC(=O)CC(C(=O)O)C(CC(=O)O)C(=O)O)CC1(C)C. The number of carbonyl (C=O) groups excluding carboxylic acids is 1. The predicted octanol–water partition coefficient (Wildman–Crippen LogP) is 6.38. The van der Waals surface area contributed by atoms with E-state index in [0.717, 1.165) is 25.2 Å². The summed E-state index contributed by atoms with van der Waals surface area (Å²) >= 11 is 0. The van der Waals surface area contributed by atoms with Gasteiger partial charge in [0, 0.05) is 11.1 Å². The topological polar surface area (TPSA) is 141 Å². The molecule has 232 valence electrons. The van der Waals surface area contributed by atoms with Crippen LogP contribution in [0.2, 0.25) is 0 Å². The zero-order valence-electron chi connectivity index (χ0n) is 25.6. The molecule has 3 N–H and O–H groups in total. The van der Waals surface area contributed by atoms with Gasteiger partial charge in [-0.25, -0.2) is 0 Å². The normalized spacial score (nSPS) is 18.6.